The van der Waals surface area contributed by atoms with Crippen LogP contribution >= 0.6 is 15.9 Å². The molecule has 0 heterocycles. The Morgan fingerprint density at radius 2 is 1.78 bits per heavy atom. The zero-order valence-corrected chi connectivity index (χ0v) is 13.9. The molecular weight excluding hydrogens is 370 g/mol. The average molecular weight is 386 g/mol. The summed E-state index contributed by atoms with van der Waals surface area (Å²) in [4.78, 5) is 45.2. The van der Waals surface area contributed by atoms with E-state index in [-0.39, 0.29) is 18.9 Å². The van der Waals surface area contributed by atoms with Gasteiger partial charge in [-0.15, -0.1) is 0 Å². The molecule has 124 valence electrons. The van der Waals surface area contributed by atoms with Crippen molar-refractivity contribution in [3.63, 3.8) is 0 Å². The molecule has 0 spiro atoms. The van der Waals surface area contributed by atoms with Crippen molar-refractivity contribution in [3.05, 3.63) is 34.3 Å². The van der Waals surface area contributed by atoms with Crippen LogP contribution < -0.4 is 16.0 Å². The highest BCUT2D eigenvalue weighted by atomic mass is 79.9. The first-order valence-corrected chi connectivity index (χ1v) is 7.42. The summed E-state index contributed by atoms with van der Waals surface area (Å²) in [6, 6.07) is 6.05. The van der Waals surface area contributed by atoms with E-state index in [1.807, 2.05) is 5.32 Å². The molecule has 8 nitrogen and oxygen atoms in total. The summed E-state index contributed by atoms with van der Waals surface area (Å²) in [5.74, 6) is -1.72. The molecule has 9 heteroatoms. The Kier molecular flexibility index (Phi) is 7.75. The van der Waals surface area contributed by atoms with Crippen LogP contribution in [0.3, 0.4) is 0 Å². The molecule has 3 N–H and O–H groups in total. The first-order chi connectivity index (χ1) is 10.9. The van der Waals surface area contributed by atoms with Crippen molar-refractivity contribution in [1.29, 1.82) is 0 Å². The van der Waals surface area contributed by atoms with Crippen molar-refractivity contribution in [2.45, 2.75) is 6.42 Å². The van der Waals surface area contributed by atoms with Gasteiger partial charge in [-0.1, -0.05) is 15.9 Å². The van der Waals surface area contributed by atoms with Gasteiger partial charge in [0.2, 0.25) is 0 Å². The molecule has 0 radical (unpaired) electrons. The summed E-state index contributed by atoms with van der Waals surface area (Å²) in [5, 5.41) is 6.69. The van der Waals surface area contributed by atoms with Crippen LogP contribution in [-0.4, -0.2) is 44.0 Å². The molecule has 0 fully saturated rings. The number of hydrogen-bond donors (Lipinski definition) is 3. The third-order valence-corrected chi connectivity index (χ3v) is 3.09. The molecule has 0 unspecified atom stereocenters. The minimum Gasteiger partial charge on any atom is -0.456 e. The summed E-state index contributed by atoms with van der Waals surface area (Å²) in [7, 11) is 1.35. The Morgan fingerprint density at radius 1 is 1.13 bits per heavy atom. The number of hydrogen-bond acceptors (Lipinski definition) is 5. The summed E-state index contributed by atoms with van der Waals surface area (Å²) < 4.78 is 5.52. The van der Waals surface area contributed by atoms with Crippen LogP contribution in [0.15, 0.2) is 28.7 Å². The van der Waals surface area contributed by atoms with Crippen LogP contribution in [0.5, 0.6) is 0 Å². The number of ether oxygens (including phenoxy) is 1. The van der Waals surface area contributed by atoms with E-state index in [4.69, 9.17) is 0 Å². The van der Waals surface area contributed by atoms with Crippen molar-refractivity contribution < 1.29 is 23.9 Å². The van der Waals surface area contributed by atoms with E-state index < -0.39 is 24.5 Å². The normalized spacial score (nSPS) is 9.65. The lowest BCUT2D eigenvalue weighted by atomic mass is 10.2. The van der Waals surface area contributed by atoms with E-state index in [1.165, 1.54) is 7.05 Å². The van der Waals surface area contributed by atoms with E-state index in [0.29, 0.717) is 5.56 Å². The van der Waals surface area contributed by atoms with Crippen LogP contribution in [0.25, 0.3) is 0 Å². The zero-order chi connectivity index (χ0) is 17.2. The SMILES string of the molecule is CNC(=O)NC(=O)COC(=O)CCNC(=O)c1ccc(Br)cc1. The predicted octanol–water partition coefficient (Wildman–Crippen LogP) is 0.568. The Morgan fingerprint density at radius 3 is 2.39 bits per heavy atom. The minimum atomic E-state index is -0.739. The van der Waals surface area contributed by atoms with Gasteiger partial charge in [0.25, 0.3) is 11.8 Å². The van der Waals surface area contributed by atoms with Crippen LogP contribution in [-0.2, 0) is 14.3 Å². The number of amides is 4. The molecule has 1 rings (SSSR count). The Hall–Kier alpha value is -2.42. The van der Waals surface area contributed by atoms with Gasteiger partial charge in [0.1, 0.15) is 0 Å². The van der Waals surface area contributed by atoms with Gasteiger partial charge in [0, 0.05) is 23.6 Å². The summed E-state index contributed by atoms with van der Waals surface area (Å²) >= 11 is 3.26. The highest BCUT2D eigenvalue weighted by molar-refractivity contribution is 9.10. The van der Waals surface area contributed by atoms with Gasteiger partial charge in [0.05, 0.1) is 6.42 Å². The smallest absolute Gasteiger partial charge is 0.321 e. The summed E-state index contributed by atoms with van der Waals surface area (Å²) in [5.41, 5.74) is 0.464. The number of esters is 1. The Balaban J connectivity index is 2.23. The molecule has 0 aromatic heterocycles. The number of imide groups is 1. The molecule has 0 aliphatic carbocycles. The van der Waals surface area contributed by atoms with Gasteiger partial charge in [-0.2, -0.15) is 0 Å². The molecule has 0 aliphatic rings. The second kappa shape index (κ2) is 9.57. The zero-order valence-electron chi connectivity index (χ0n) is 12.3. The van der Waals surface area contributed by atoms with Crippen molar-refractivity contribution in [2.24, 2.45) is 0 Å². The number of carbonyl (C=O) groups is 4. The van der Waals surface area contributed by atoms with Crippen molar-refractivity contribution in [1.82, 2.24) is 16.0 Å². The van der Waals surface area contributed by atoms with Crippen molar-refractivity contribution >= 4 is 39.7 Å². The number of nitrogens with one attached hydrogen (secondary N) is 3. The Bertz CT molecular complexity index is 589. The molecule has 0 bridgehead atoms. The van der Waals surface area contributed by atoms with Crippen LogP contribution in [0.4, 0.5) is 4.79 Å². The first kappa shape index (κ1) is 18.6. The second-order valence-electron chi connectivity index (χ2n) is 4.30. The lowest BCUT2D eigenvalue weighted by Gasteiger charge is -2.07. The fraction of sp³-hybridized carbons (Fsp3) is 0.286. The second-order valence-corrected chi connectivity index (χ2v) is 5.22. The summed E-state index contributed by atoms with van der Waals surface area (Å²) in [6.45, 7) is -0.488. The van der Waals surface area contributed by atoms with Crippen molar-refractivity contribution in [3.8, 4) is 0 Å². The van der Waals surface area contributed by atoms with E-state index >= 15 is 0 Å². The fourth-order valence-corrected chi connectivity index (χ4v) is 1.69. The molecule has 0 saturated heterocycles. The Labute approximate surface area is 141 Å². The van der Waals surface area contributed by atoms with E-state index in [9.17, 15) is 19.2 Å². The molecule has 4 amide bonds. The highest BCUT2D eigenvalue weighted by Gasteiger charge is 2.11. The lowest BCUT2D eigenvalue weighted by Crippen LogP contribution is -2.39. The first-order valence-electron chi connectivity index (χ1n) is 6.63. The van der Waals surface area contributed by atoms with Gasteiger partial charge in [-0.25, -0.2) is 4.79 Å². The lowest BCUT2D eigenvalue weighted by molar-refractivity contribution is -0.148. The maximum atomic E-state index is 11.8. The molecule has 0 atom stereocenters. The van der Waals surface area contributed by atoms with E-state index in [0.717, 1.165) is 4.47 Å². The van der Waals surface area contributed by atoms with Gasteiger partial charge in [0.15, 0.2) is 6.61 Å². The standard InChI is InChI=1S/C14H16BrN3O5/c1-16-14(22)18-11(19)8-23-12(20)6-7-17-13(21)9-2-4-10(15)5-3-9/h2-5H,6-8H2,1H3,(H,17,21)(H2,16,18,19,22). The molecule has 23 heavy (non-hydrogen) atoms. The quantitative estimate of drug-likeness (QED) is 0.619. The van der Waals surface area contributed by atoms with Gasteiger partial charge in [-0.3, -0.25) is 19.7 Å². The van der Waals surface area contributed by atoms with E-state index in [2.05, 4.69) is 31.3 Å². The third-order valence-electron chi connectivity index (χ3n) is 2.57. The van der Waals surface area contributed by atoms with Crippen molar-refractivity contribution in [2.75, 3.05) is 20.2 Å². The molecule has 0 aliphatic heterocycles. The number of halogens is 1. The topological polar surface area (TPSA) is 114 Å². The number of urea groups is 1. The van der Waals surface area contributed by atoms with Gasteiger partial charge < -0.3 is 15.4 Å². The maximum absolute atomic E-state index is 11.8. The minimum absolute atomic E-state index is 0.0742. The summed E-state index contributed by atoms with van der Waals surface area (Å²) in [6.07, 6.45) is -0.0878. The number of rotatable bonds is 6. The molecule has 1 aromatic carbocycles. The van der Waals surface area contributed by atoms with E-state index in [1.54, 1.807) is 24.3 Å². The maximum Gasteiger partial charge on any atom is 0.321 e. The predicted molar refractivity (Wildman–Crippen MR) is 84.6 cm³/mol. The monoisotopic (exact) mass is 385 g/mol. The number of carbonyl (C=O) groups excluding carboxylic acids is 4. The molecule has 0 saturated carbocycles. The van der Waals surface area contributed by atoms with Crippen LogP contribution in [0.2, 0.25) is 0 Å². The largest absolute Gasteiger partial charge is 0.456 e. The molecule has 1 aromatic rings. The number of benzene rings is 1. The van der Waals surface area contributed by atoms with Crippen LogP contribution in [0.1, 0.15) is 16.8 Å². The third kappa shape index (κ3) is 7.41. The van der Waals surface area contributed by atoms with Crippen LogP contribution in [0, 0.1) is 0 Å². The highest BCUT2D eigenvalue weighted by Crippen LogP contribution is 2.10. The van der Waals surface area contributed by atoms with Gasteiger partial charge >= 0.3 is 12.0 Å². The van der Waals surface area contributed by atoms with Gasteiger partial charge in [-0.05, 0) is 24.3 Å². The fourth-order valence-electron chi connectivity index (χ4n) is 1.42. The molecular formula is C14H16BrN3O5. The average Bonchev–Trinajstić information content (AvgIpc) is 2.53.